The zero-order chi connectivity index (χ0) is 17.2. The fourth-order valence-electron chi connectivity index (χ4n) is 2.76. The number of esters is 1. The molecule has 3 heteroatoms. The van der Waals surface area contributed by atoms with Crippen LogP contribution < -0.4 is 0 Å². The van der Waals surface area contributed by atoms with Crippen molar-refractivity contribution in [3.8, 4) is 0 Å². The summed E-state index contributed by atoms with van der Waals surface area (Å²) in [5.41, 5.74) is 0. The average Bonchev–Trinajstić information content (AvgIpc) is 2.53. The monoisotopic (exact) mass is 326 g/mol. The third-order valence-electron chi connectivity index (χ3n) is 4.20. The van der Waals surface area contributed by atoms with Crippen molar-refractivity contribution in [3.05, 3.63) is 0 Å². The molecule has 0 unspecified atom stereocenters. The molecule has 0 aromatic rings. The standard InChI is InChI=1S/C20H38O3/c1-3-5-6-7-8-9-10-11-12-13-16-19(21)17-14-15-18-20(22)23-4-2/h3-18H2,1-2H3. The Bertz CT molecular complexity index is 287. The highest BCUT2D eigenvalue weighted by Gasteiger charge is 2.04. The lowest BCUT2D eigenvalue weighted by Crippen LogP contribution is -2.04. The summed E-state index contributed by atoms with van der Waals surface area (Å²) in [6.07, 6.45) is 16.4. The van der Waals surface area contributed by atoms with Gasteiger partial charge in [0.2, 0.25) is 0 Å². The molecule has 0 saturated carbocycles. The van der Waals surface area contributed by atoms with E-state index in [0.717, 1.165) is 25.7 Å². The van der Waals surface area contributed by atoms with Crippen LogP contribution >= 0.6 is 0 Å². The Balaban J connectivity index is 3.23. The molecule has 0 spiro atoms. The predicted molar refractivity (Wildman–Crippen MR) is 96.6 cm³/mol. The summed E-state index contributed by atoms with van der Waals surface area (Å²) in [6, 6.07) is 0. The van der Waals surface area contributed by atoms with Crippen molar-refractivity contribution in [2.45, 2.75) is 110 Å². The molecule has 0 amide bonds. The van der Waals surface area contributed by atoms with Gasteiger partial charge in [-0.05, 0) is 26.2 Å². The molecule has 0 aromatic heterocycles. The molecule has 0 radical (unpaired) electrons. The summed E-state index contributed by atoms with van der Waals surface area (Å²) in [6.45, 7) is 4.51. The third kappa shape index (κ3) is 17.3. The highest BCUT2D eigenvalue weighted by atomic mass is 16.5. The Labute approximate surface area is 143 Å². The number of carbonyl (C=O) groups excluding carboxylic acids is 2. The number of ketones is 1. The van der Waals surface area contributed by atoms with E-state index in [1.807, 2.05) is 6.92 Å². The fourth-order valence-corrected chi connectivity index (χ4v) is 2.76. The van der Waals surface area contributed by atoms with E-state index in [1.54, 1.807) is 0 Å². The molecule has 0 N–H and O–H groups in total. The van der Waals surface area contributed by atoms with Crippen molar-refractivity contribution in [1.82, 2.24) is 0 Å². The first-order chi connectivity index (χ1) is 11.2. The van der Waals surface area contributed by atoms with E-state index in [2.05, 4.69) is 6.92 Å². The van der Waals surface area contributed by atoms with Crippen LogP contribution in [-0.2, 0) is 14.3 Å². The van der Waals surface area contributed by atoms with E-state index in [9.17, 15) is 9.59 Å². The van der Waals surface area contributed by atoms with Gasteiger partial charge in [-0.25, -0.2) is 0 Å². The zero-order valence-corrected chi connectivity index (χ0v) is 15.5. The number of hydrogen-bond acceptors (Lipinski definition) is 3. The average molecular weight is 327 g/mol. The van der Waals surface area contributed by atoms with Gasteiger partial charge in [0.15, 0.2) is 0 Å². The summed E-state index contributed by atoms with van der Waals surface area (Å²) < 4.78 is 4.86. The highest BCUT2D eigenvalue weighted by Crippen LogP contribution is 2.12. The van der Waals surface area contributed by atoms with Gasteiger partial charge < -0.3 is 4.74 Å². The Hall–Kier alpha value is -0.860. The minimum absolute atomic E-state index is 0.144. The van der Waals surface area contributed by atoms with Crippen LogP contribution in [0.3, 0.4) is 0 Å². The number of Topliss-reactive ketones (excluding diaryl/α,β-unsaturated/α-hetero) is 1. The molecule has 0 aliphatic heterocycles. The van der Waals surface area contributed by atoms with Crippen LogP contribution in [0.2, 0.25) is 0 Å². The third-order valence-corrected chi connectivity index (χ3v) is 4.20. The molecule has 0 aliphatic rings. The largest absolute Gasteiger partial charge is 0.466 e. The van der Waals surface area contributed by atoms with Crippen molar-refractivity contribution in [2.24, 2.45) is 0 Å². The number of ether oxygens (including phenoxy) is 1. The molecular formula is C20H38O3. The Kier molecular flexibility index (Phi) is 16.8. The van der Waals surface area contributed by atoms with Crippen molar-refractivity contribution in [2.75, 3.05) is 6.61 Å². The van der Waals surface area contributed by atoms with Gasteiger partial charge in [0.25, 0.3) is 0 Å². The summed E-state index contributed by atoms with van der Waals surface area (Å²) >= 11 is 0. The van der Waals surface area contributed by atoms with Crippen LogP contribution in [0.15, 0.2) is 0 Å². The first-order valence-corrected chi connectivity index (χ1v) is 9.88. The highest BCUT2D eigenvalue weighted by molar-refractivity contribution is 5.78. The lowest BCUT2D eigenvalue weighted by atomic mass is 10.0. The van der Waals surface area contributed by atoms with Crippen molar-refractivity contribution in [3.63, 3.8) is 0 Å². The normalized spacial score (nSPS) is 10.7. The SMILES string of the molecule is CCCCCCCCCCCCC(=O)CCCCC(=O)OCC. The van der Waals surface area contributed by atoms with E-state index in [4.69, 9.17) is 4.74 Å². The predicted octanol–water partition coefficient (Wildman–Crippen LogP) is 5.99. The molecule has 136 valence electrons. The van der Waals surface area contributed by atoms with Gasteiger partial charge >= 0.3 is 5.97 Å². The van der Waals surface area contributed by atoms with Crippen molar-refractivity contribution in [1.29, 1.82) is 0 Å². The van der Waals surface area contributed by atoms with Gasteiger partial charge in [-0.15, -0.1) is 0 Å². The molecule has 0 aliphatic carbocycles. The van der Waals surface area contributed by atoms with E-state index < -0.39 is 0 Å². The second-order valence-corrected chi connectivity index (χ2v) is 6.48. The molecule has 23 heavy (non-hydrogen) atoms. The van der Waals surface area contributed by atoms with E-state index in [0.29, 0.717) is 25.2 Å². The van der Waals surface area contributed by atoms with Crippen LogP contribution in [-0.4, -0.2) is 18.4 Å². The molecule has 0 fully saturated rings. The van der Waals surface area contributed by atoms with Gasteiger partial charge in [0, 0.05) is 19.3 Å². The second-order valence-electron chi connectivity index (χ2n) is 6.48. The maximum atomic E-state index is 11.7. The number of unbranched alkanes of at least 4 members (excludes halogenated alkanes) is 10. The lowest BCUT2D eigenvalue weighted by Gasteiger charge is -2.03. The van der Waals surface area contributed by atoms with Gasteiger partial charge in [0.1, 0.15) is 5.78 Å². The first kappa shape index (κ1) is 22.1. The number of rotatable bonds is 17. The Morgan fingerprint density at radius 3 is 1.57 bits per heavy atom. The maximum Gasteiger partial charge on any atom is 0.305 e. The van der Waals surface area contributed by atoms with Crippen molar-refractivity contribution >= 4 is 11.8 Å². The van der Waals surface area contributed by atoms with Crippen LogP contribution in [0.25, 0.3) is 0 Å². The topological polar surface area (TPSA) is 43.4 Å². The molecule has 0 saturated heterocycles. The van der Waals surface area contributed by atoms with Crippen molar-refractivity contribution < 1.29 is 14.3 Å². The maximum absolute atomic E-state index is 11.7. The van der Waals surface area contributed by atoms with E-state index in [1.165, 1.54) is 57.8 Å². The quantitative estimate of drug-likeness (QED) is 0.243. The van der Waals surface area contributed by atoms with Crippen LogP contribution in [0, 0.1) is 0 Å². The molecule has 3 nitrogen and oxygen atoms in total. The van der Waals surface area contributed by atoms with Crippen LogP contribution in [0.5, 0.6) is 0 Å². The molecule has 0 aromatic carbocycles. The first-order valence-electron chi connectivity index (χ1n) is 9.88. The zero-order valence-electron chi connectivity index (χ0n) is 15.5. The number of hydrogen-bond donors (Lipinski definition) is 0. The van der Waals surface area contributed by atoms with Gasteiger partial charge in [0.05, 0.1) is 6.61 Å². The number of carbonyl (C=O) groups is 2. The lowest BCUT2D eigenvalue weighted by molar-refractivity contribution is -0.143. The minimum atomic E-state index is -0.144. The Morgan fingerprint density at radius 1 is 0.609 bits per heavy atom. The molecule has 0 rings (SSSR count). The summed E-state index contributed by atoms with van der Waals surface area (Å²) in [5, 5.41) is 0. The van der Waals surface area contributed by atoms with E-state index >= 15 is 0 Å². The smallest absolute Gasteiger partial charge is 0.305 e. The second kappa shape index (κ2) is 17.5. The van der Waals surface area contributed by atoms with Gasteiger partial charge in [-0.1, -0.05) is 64.7 Å². The summed E-state index contributed by atoms with van der Waals surface area (Å²) in [7, 11) is 0. The Morgan fingerprint density at radius 2 is 1.04 bits per heavy atom. The molecule has 0 bridgehead atoms. The fraction of sp³-hybridized carbons (Fsp3) is 0.900. The van der Waals surface area contributed by atoms with Crippen LogP contribution in [0.4, 0.5) is 0 Å². The molecule has 0 atom stereocenters. The molecular weight excluding hydrogens is 288 g/mol. The minimum Gasteiger partial charge on any atom is -0.466 e. The van der Waals surface area contributed by atoms with Gasteiger partial charge in [-0.3, -0.25) is 9.59 Å². The molecule has 0 heterocycles. The van der Waals surface area contributed by atoms with Gasteiger partial charge in [-0.2, -0.15) is 0 Å². The summed E-state index contributed by atoms with van der Waals surface area (Å²) in [4.78, 5) is 22.9. The van der Waals surface area contributed by atoms with E-state index in [-0.39, 0.29) is 5.97 Å². The van der Waals surface area contributed by atoms with Crippen LogP contribution in [0.1, 0.15) is 110 Å². The summed E-state index contributed by atoms with van der Waals surface area (Å²) in [5.74, 6) is 0.211.